The van der Waals surface area contributed by atoms with Gasteiger partial charge in [0.25, 0.3) is 0 Å². The monoisotopic (exact) mass is 310 g/mol. The van der Waals surface area contributed by atoms with Gasteiger partial charge in [0.2, 0.25) is 5.91 Å². The fourth-order valence-electron chi connectivity index (χ4n) is 3.38. The lowest BCUT2D eigenvalue weighted by Crippen LogP contribution is -2.30. The quantitative estimate of drug-likeness (QED) is 0.902. The van der Waals surface area contributed by atoms with Crippen LogP contribution in [0.3, 0.4) is 0 Å². The van der Waals surface area contributed by atoms with E-state index in [2.05, 4.69) is 11.4 Å². The van der Waals surface area contributed by atoms with Gasteiger partial charge in [0.15, 0.2) is 0 Å². The second kappa shape index (κ2) is 7.14. The predicted octanol–water partition coefficient (Wildman–Crippen LogP) is 2.75. The average molecular weight is 311 g/mol. The number of halogens is 1. The summed E-state index contributed by atoms with van der Waals surface area (Å²) in [5, 5.41) is 3.06. The molecule has 1 aromatic rings. The SMILES string of the molecule is Cl.NC[C@H]1CCC[C@H]1C(=O)Nc1cccc2c1OCCC2. The summed E-state index contributed by atoms with van der Waals surface area (Å²) in [6.07, 6.45) is 5.18. The van der Waals surface area contributed by atoms with Gasteiger partial charge in [0.1, 0.15) is 5.75 Å². The number of aryl methyl sites for hydroxylation is 1. The van der Waals surface area contributed by atoms with Crippen molar-refractivity contribution in [2.24, 2.45) is 17.6 Å². The summed E-state index contributed by atoms with van der Waals surface area (Å²) in [5.41, 5.74) is 7.77. The van der Waals surface area contributed by atoms with E-state index in [1.165, 1.54) is 5.56 Å². The fourth-order valence-corrected chi connectivity index (χ4v) is 3.38. The smallest absolute Gasteiger partial charge is 0.227 e. The maximum Gasteiger partial charge on any atom is 0.227 e. The minimum absolute atomic E-state index is 0. The van der Waals surface area contributed by atoms with Gasteiger partial charge in [0, 0.05) is 5.92 Å². The molecule has 1 aromatic carbocycles. The first kappa shape index (κ1) is 16.1. The van der Waals surface area contributed by atoms with Crippen LogP contribution in [0, 0.1) is 11.8 Å². The number of anilines is 1. The maximum atomic E-state index is 12.4. The van der Waals surface area contributed by atoms with E-state index < -0.39 is 0 Å². The van der Waals surface area contributed by atoms with Crippen molar-refractivity contribution >= 4 is 24.0 Å². The van der Waals surface area contributed by atoms with Crippen LogP contribution in [-0.4, -0.2) is 19.1 Å². The number of nitrogens with two attached hydrogens (primary N) is 1. The highest BCUT2D eigenvalue weighted by molar-refractivity contribution is 5.94. The molecule has 0 bridgehead atoms. The molecule has 1 saturated carbocycles. The molecule has 1 fully saturated rings. The van der Waals surface area contributed by atoms with Crippen molar-refractivity contribution in [1.82, 2.24) is 0 Å². The number of benzene rings is 1. The van der Waals surface area contributed by atoms with Gasteiger partial charge < -0.3 is 15.8 Å². The van der Waals surface area contributed by atoms with Crippen molar-refractivity contribution in [3.05, 3.63) is 23.8 Å². The Morgan fingerprint density at radius 2 is 2.19 bits per heavy atom. The zero-order valence-corrected chi connectivity index (χ0v) is 13.0. The van der Waals surface area contributed by atoms with Crippen LogP contribution in [0.2, 0.25) is 0 Å². The molecule has 3 rings (SSSR count). The minimum atomic E-state index is 0. The number of para-hydroxylation sites is 1. The van der Waals surface area contributed by atoms with Crippen LogP contribution >= 0.6 is 12.4 Å². The molecule has 0 radical (unpaired) electrons. The highest BCUT2D eigenvalue weighted by atomic mass is 35.5. The maximum absolute atomic E-state index is 12.4. The van der Waals surface area contributed by atoms with Crippen LogP contribution < -0.4 is 15.8 Å². The molecule has 1 heterocycles. The molecule has 1 aliphatic heterocycles. The number of fused-ring (bicyclic) bond motifs is 1. The normalized spacial score (nSPS) is 23.7. The second-order valence-electron chi connectivity index (χ2n) is 5.77. The average Bonchev–Trinajstić information content (AvgIpc) is 2.96. The Bertz CT molecular complexity index is 507. The van der Waals surface area contributed by atoms with E-state index in [0.29, 0.717) is 12.5 Å². The fraction of sp³-hybridized carbons (Fsp3) is 0.562. The first-order valence-electron chi connectivity index (χ1n) is 7.55. The van der Waals surface area contributed by atoms with Gasteiger partial charge in [-0.15, -0.1) is 12.4 Å². The number of hydrogen-bond acceptors (Lipinski definition) is 3. The summed E-state index contributed by atoms with van der Waals surface area (Å²) >= 11 is 0. The van der Waals surface area contributed by atoms with Crippen molar-refractivity contribution in [1.29, 1.82) is 0 Å². The van der Waals surface area contributed by atoms with Crippen LogP contribution in [0.1, 0.15) is 31.2 Å². The molecule has 2 aliphatic rings. The summed E-state index contributed by atoms with van der Waals surface area (Å²) in [4.78, 5) is 12.4. The van der Waals surface area contributed by atoms with Gasteiger partial charge in [-0.1, -0.05) is 18.6 Å². The van der Waals surface area contributed by atoms with E-state index >= 15 is 0 Å². The zero-order chi connectivity index (χ0) is 13.9. The molecular weight excluding hydrogens is 288 g/mol. The minimum Gasteiger partial charge on any atom is -0.491 e. The van der Waals surface area contributed by atoms with E-state index in [0.717, 1.165) is 50.1 Å². The number of carbonyl (C=O) groups excluding carboxylic acids is 1. The third-order valence-electron chi connectivity index (χ3n) is 4.49. The molecule has 3 N–H and O–H groups in total. The van der Waals surface area contributed by atoms with Crippen LogP contribution in [-0.2, 0) is 11.2 Å². The topological polar surface area (TPSA) is 64.4 Å². The van der Waals surface area contributed by atoms with E-state index in [4.69, 9.17) is 10.5 Å². The van der Waals surface area contributed by atoms with E-state index in [1.807, 2.05) is 12.1 Å². The standard InChI is InChI=1S/C16H22N2O2.ClH/c17-10-12-5-1-7-13(12)16(19)18-14-8-2-4-11-6-3-9-20-15(11)14;/h2,4,8,12-13H,1,3,5-7,9-10,17H2,(H,18,19);1H/t12-,13-;/m1./s1. The van der Waals surface area contributed by atoms with Crippen LogP contribution in [0.25, 0.3) is 0 Å². The number of hydrogen-bond donors (Lipinski definition) is 2. The molecule has 0 saturated heterocycles. The van der Waals surface area contributed by atoms with E-state index in [9.17, 15) is 4.79 Å². The molecule has 4 nitrogen and oxygen atoms in total. The van der Waals surface area contributed by atoms with Crippen LogP contribution in [0.15, 0.2) is 18.2 Å². The summed E-state index contributed by atoms with van der Waals surface area (Å²) in [5.74, 6) is 1.34. The van der Waals surface area contributed by atoms with Gasteiger partial charge in [0.05, 0.1) is 12.3 Å². The Balaban J connectivity index is 0.00000161. The third-order valence-corrected chi connectivity index (χ3v) is 4.49. The predicted molar refractivity (Wildman–Crippen MR) is 86.0 cm³/mol. The molecule has 0 aromatic heterocycles. The Kier molecular flexibility index (Phi) is 5.48. The Morgan fingerprint density at radius 1 is 1.33 bits per heavy atom. The van der Waals surface area contributed by atoms with Gasteiger partial charge in [-0.05, 0) is 49.8 Å². The highest BCUT2D eigenvalue weighted by Crippen LogP contribution is 2.35. The Labute approximate surface area is 131 Å². The van der Waals surface area contributed by atoms with E-state index in [-0.39, 0.29) is 24.2 Å². The lowest BCUT2D eigenvalue weighted by Gasteiger charge is -2.22. The number of amides is 1. The lowest BCUT2D eigenvalue weighted by atomic mass is 9.95. The number of rotatable bonds is 3. The van der Waals surface area contributed by atoms with Gasteiger partial charge in [-0.2, -0.15) is 0 Å². The molecule has 0 unspecified atom stereocenters. The van der Waals surface area contributed by atoms with Crippen molar-refractivity contribution in [2.45, 2.75) is 32.1 Å². The molecule has 5 heteroatoms. The van der Waals surface area contributed by atoms with E-state index in [1.54, 1.807) is 0 Å². The Morgan fingerprint density at radius 3 is 3.00 bits per heavy atom. The molecule has 0 spiro atoms. The van der Waals surface area contributed by atoms with Gasteiger partial charge in [-0.3, -0.25) is 4.79 Å². The summed E-state index contributed by atoms with van der Waals surface area (Å²) in [6, 6.07) is 5.98. The number of carbonyl (C=O) groups is 1. The zero-order valence-electron chi connectivity index (χ0n) is 12.1. The Hall–Kier alpha value is -1.26. The summed E-state index contributed by atoms with van der Waals surface area (Å²) in [7, 11) is 0. The second-order valence-corrected chi connectivity index (χ2v) is 5.77. The highest BCUT2D eigenvalue weighted by Gasteiger charge is 2.32. The lowest BCUT2D eigenvalue weighted by molar-refractivity contribution is -0.120. The van der Waals surface area contributed by atoms with Crippen molar-refractivity contribution < 1.29 is 9.53 Å². The third kappa shape index (κ3) is 3.33. The first-order chi connectivity index (χ1) is 9.79. The van der Waals surface area contributed by atoms with Crippen molar-refractivity contribution in [3.63, 3.8) is 0 Å². The van der Waals surface area contributed by atoms with Crippen LogP contribution in [0.5, 0.6) is 5.75 Å². The molecule has 116 valence electrons. The van der Waals surface area contributed by atoms with Crippen molar-refractivity contribution in [3.8, 4) is 5.75 Å². The number of ether oxygens (including phenoxy) is 1. The largest absolute Gasteiger partial charge is 0.491 e. The molecular formula is C16H23ClN2O2. The van der Waals surface area contributed by atoms with Crippen LogP contribution in [0.4, 0.5) is 5.69 Å². The van der Waals surface area contributed by atoms with Gasteiger partial charge >= 0.3 is 0 Å². The molecule has 2 atom stereocenters. The van der Waals surface area contributed by atoms with Crippen molar-refractivity contribution in [2.75, 3.05) is 18.5 Å². The van der Waals surface area contributed by atoms with Gasteiger partial charge in [-0.25, -0.2) is 0 Å². The number of nitrogens with one attached hydrogen (secondary N) is 1. The molecule has 1 aliphatic carbocycles. The molecule has 21 heavy (non-hydrogen) atoms. The first-order valence-corrected chi connectivity index (χ1v) is 7.55. The summed E-state index contributed by atoms with van der Waals surface area (Å²) in [6.45, 7) is 1.33. The molecule has 1 amide bonds. The summed E-state index contributed by atoms with van der Waals surface area (Å²) < 4.78 is 5.73.